The summed E-state index contributed by atoms with van der Waals surface area (Å²) in [5.41, 5.74) is 1.74. The number of amides is 2. The van der Waals surface area contributed by atoms with Crippen molar-refractivity contribution in [2.45, 2.75) is 45.3 Å². The summed E-state index contributed by atoms with van der Waals surface area (Å²) < 4.78 is 10.8. The van der Waals surface area contributed by atoms with Gasteiger partial charge in [0.1, 0.15) is 5.76 Å². The molecule has 0 saturated heterocycles. The van der Waals surface area contributed by atoms with Crippen LogP contribution in [0.2, 0.25) is 0 Å². The Kier molecular flexibility index (Phi) is 4.74. The Hall–Kier alpha value is -2.50. The summed E-state index contributed by atoms with van der Waals surface area (Å²) in [6.07, 6.45) is 3.71. The van der Waals surface area contributed by atoms with Crippen LogP contribution in [0.3, 0.4) is 0 Å². The molecule has 128 valence electrons. The van der Waals surface area contributed by atoms with Gasteiger partial charge in [0, 0.05) is 23.8 Å². The molecule has 1 atom stereocenters. The van der Waals surface area contributed by atoms with Crippen LogP contribution in [0.25, 0.3) is 0 Å². The van der Waals surface area contributed by atoms with E-state index in [-0.39, 0.29) is 18.1 Å². The molecular formula is C18H23N3O3. The van der Waals surface area contributed by atoms with E-state index in [4.69, 9.17) is 9.15 Å². The standard InChI is InChI=1S/C18H23N3O3/c1-12-6-7-14(17(20-12)23-3)11-19-18(22)21(15-8-9-15)13(2)16-5-4-10-24-16/h4-7,10,13,15H,8-9,11H2,1-3H3,(H,19,22). The van der Waals surface area contributed by atoms with E-state index in [0.29, 0.717) is 12.4 Å². The zero-order valence-electron chi connectivity index (χ0n) is 14.3. The van der Waals surface area contributed by atoms with Crippen molar-refractivity contribution in [3.8, 4) is 5.88 Å². The number of methoxy groups -OCH3 is 1. The minimum Gasteiger partial charge on any atom is -0.481 e. The van der Waals surface area contributed by atoms with Crippen LogP contribution in [0.1, 0.15) is 42.8 Å². The third-order valence-electron chi connectivity index (χ3n) is 4.25. The third-order valence-corrected chi connectivity index (χ3v) is 4.25. The molecule has 6 nitrogen and oxygen atoms in total. The smallest absolute Gasteiger partial charge is 0.318 e. The fourth-order valence-corrected chi connectivity index (χ4v) is 2.81. The van der Waals surface area contributed by atoms with Gasteiger partial charge in [0.05, 0.1) is 19.4 Å². The number of carbonyl (C=O) groups excluding carboxylic acids is 1. The van der Waals surface area contributed by atoms with Crippen LogP contribution in [-0.4, -0.2) is 29.1 Å². The van der Waals surface area contributed by atoms with Crippen LogP contribution < -0.4 is 10.1 Å². The Balaban J connectivity index is 1.68. The quantitative estimate of drug-likeness (QED) is 0.881. The number of nitrogens with zero attached hydrogens (tertiary/aromatic N) is 2. The van der Waals surface area contributed by atoms with Crippen LogP contribution in [0.5, 0.6) is 5.88 Å². The maximum absolute atomic E-state index is 12.7. The number of pyridine rings is 1. The number of rotatable bonds is 6. The number of ether oxygens (including phenoxy) is 1. The maximum atomic E-state index is 12.7. The van der Waals surface area contributed by atoms with Crippen molar-refractivity contribution in [2.24, 2.45) is 0 Å². The summed E-state index contributed by atoms with van der Waals surface area (Å²) >= 11 is 0. The summed E-state index contributed by atoms with van der Waals surface area (Å²) in [4.78, 5) is 18.9. The van der Waals surface area contributed by atoms with Crippen molar-refractivity contribution in [1.29, 1.82) is 0 Å². The minimum absolute atomic E-state index is 0.0921. The Morgan fingerprint density at radius 2 is 2.25 bits per heavy atom. The first-order valence-electron chi connectivity index (χ1n) is 8.20. The van der Waals surface area contributed by atoms with E-state index < -0.39 is 0 Å². The Labute approximate surface area is 141 Å². The largest absolute Gasteiger partial charge is 0.481 e. The average molecular weight is 329 g/mol. The highest BCUT2D eigenvalue weighted by atomic mass is 16.5. The van der Waals surface area contributed by atoms with Gasteiger partial charge in [-0.15, -0.1) is 0 Å². The Bertz CT molecular complexity index is 696. The van der Waals surface area contributed by atoms with Gasteiger partial charge in [-0.1, -0.05) is 6.07 Å². The molecule has 24 heavy (non-hydrogen) atoms. The van der Waals surface area contributed by atoms with E-state index in [0.717, 1.165) is 29.9 Å². The lowest BCUT2D eigenvalue weighted by Gasteiger charge is -2.28. The summed E-state index contributed by atoms with van der Waals surface area (Å²) in [7, 11) is 1.59. The molecule has 0 aliphatic heterocycles. The molecule has 0 radical (unpaired) electrons. The van der Waals surface area contributed by atoms with E-state index in [1.165, 1.54) is 0 Å². The second-order valence-electron chi connectivity index (χ2n) is 6.11. The third kappa shape index (κ3) is 3.53. The molecule has 1 aliphatic rings. The number of aryl methyl sites for hydroxylation is 1. The molecule has 1 aliphatic carbocycles. The Morgan fingerprint density at radius 3 is 2.88 bits per heavy atom. The molecule has 3 rings (SSSR count). The van der Waals surface area contributed by atoms with Gasteiger partial charge in [-0.25, -0.2) is 9.78 Å². The number of urea groups is 1. The predicted octanol–water partition coefficient (Wildman–Crippen LogP) is 3.43. The van der Waals surface area contributed by atoms with Gasteiger partial charge in [-0.2, -0.15) is 0 Å². The number of carbonyl (C=O) groups is 1. The number of hydrogen-bond acceptors (Lipinski definition) is 4. The first kappa shape index (κ1) is 16.4. The summed E-state index contributed by atoms with van der Waals surface area (Å²) in [6.45, 7) is 4.28. The molecule has 2 amide bonds. The average Bonchev–Trinajstić information content (AvgIpc) is 3.25. The molecule has 0 aromatic carbocycles. The second-order valence-corrected chi connectivity index (χ2v) is 6.11. The normalized spacial score (nSPS) is 15.0. The van der Waals surface area contributed by atoms with E-state index in [2.05, 4.69) is 10.3 Å². The molecule has 0 bridgehead atoms. The molecular weight excluding hydrogens is 306 g/mol. The lowest BCUT2D eigenvalue weighted by Crippen LogP contribution is -2.42. The van der Waals surface area contributed by atoms with Gasteiger partial charge < -0.3 is 19.4 Å². The topological polar surface area (TPSA) is 67.6 Å². The molecule has 2 aromatic rings. The first-order chi connectivity index (χ1) is 11.6. The molecule has 6 heteroatoms. The monoisotopic (exact) mass is 329 g/mol. The second kappa shape index (κ2) is 6.95. The molecule has 2 aromatic heterocycles. The predicted molar refractivity (Wildman–Crippen MR) is 89.7 cm³/mol. The molecule has 1 fully saturated rings. The van der Waals surface area contributed by atoms with Crippen LogP contribution in [0.4, 0.5) is 4.79 Å². The number of nitrogens with one attached hydrogen (secondary N) is 1. The zero-order valence-corrected chi connectivity index (χ0v) is 14.3. The highest BCUT2D eigenvalue weighted by molar-refractivity contribution is 5.75. The van der Waals surface area contributed by atoms with Gasteiger partial charge in [0.15, 0.2) is 0 Å². The van der Waals surface area contributed by atoms with E-state index in [1.54, 1.807) is 13.4 Å². The van der Waals surface area contributed by atoms with Crippen LogP contribution in [-0.2, 0) is 6.54 Å². The van der Waals surface area contributed by atoms with Gasteiger partial charge in [-0.3, -0.25) is 0 Å². The van der Waals surface area contributed by atoms with Crippen LogP contribution >= 0.6 is 0 Å². The SMILES string of the molecule is COc1nc(C)ccc1CNC(=O)N(C1CC1)C(C)c1ccco1. The van der Waals surface area contributed by atoms with Crippen molar-refractivity contribution in [2.75, 3.05) is 7.11 Å². The fourth-order valence-electron chi connectivity index (χ4n) is 2.81. The van der Waals surface area contributed by atoms with Crippen molar-refractivity contribution in [3.63, 3.8) is 0 Å². The summed E-state index contributed by atoms with van der Waals surface area (Å²) in [5, 5.41) is 2.98. The molecule has 1 unspecified atom stereocenters. The van der Waals surface area contributed by atoms with Crippen molar-refractivity contribution < 1.29 is 13.9 Å². The maximum Gasteiger partial charge on any atom is 0.318 e. The van der Waals surface area contributed by atoms with Gasteiger partial charge in [0.25, 0.3) is 0 Å². The van der Waals surface area contributed by atoms with E-state index >= 15 is 0 Å². The van der Waals surface area contributed by atoms with Gasteiger partial charge in [-0.05, 0) is 44.9 Å². The number of furan rings is 1. The van der Waals surface area contributed by atoms with E-state index in [9.17, 15) is 4.79 Å². The zero-order chi connectivity index (χ0) is 17.1. The van der Waals surface area contributed by atoms with Gasteiger partial charge in [0.2, 0.25) is 5.88 Å². The fraction of sp³-hybridized carbons (Fsp3) is 0.444. The minimum atomic E-state index is -0.0935. The van der Waals surface area contributed by atoms with Crippen LogP contribution in [0.15, 0.2) is 34.9 Å². The molecule has 0 spiro atoms. The first-order valence-corrected chi connectivity index (χ1v) is 8.20. The molecule has 1 N–H and O–H groups in total. The highest BCUT2D eigenvalue weighted by Gasteiger charge is 2.37. The van der Waals surface area contributed by atoms with Crippen molar-refractivity contribution >= 4 is 6.03 Å². The highest BCUT2D eigenvalue weighted by Crippen LogP contribution is 2.34. The molecule has 1 saturated carbocycles. The van der Waals surface area contributed by atoms with E-state index in [1.807, 2.05) is 43.0 Å². The lowest BCUT2D eigenvalue weighted by atomic mass is 10.2. The Morgan fingerprint density at radius 1 is 1.46 bits per heavy atom. The number of hydrogen-bond donors (Lipinski definition) is 1. The number of aromatic nitrogens is 1. The summed E-state index contributed by atoms with van der Waals surface area (Å²) in [5.74, 6) is 1.35. The van der Waals surface area contributed by atoms with Crippen LogP contribution in [0, 0.1) is 6.92 Å². The van der Waals surface area contributed by atoms with Crippen molar-refractivity contribution in [3.05, 3.63) is 47.5 Å². The summed E-state index contributed by atoms with van der Waals surface area (Å²) in [6, 6.07) is 7.68. The van der Waals surface area contributed by atoms with Gasteiger partial charge >= 0.3 is 6.03 Å². The molecule has 2 heterocycles. The van der Waals surface area contributed by atoms with Crippen molar-refractivity contribution in [1.82, 2.24) is 15.2 Å². The lowest BCUT2D eigenvalue weighted by molar-refractivity contribution is 0.166.